The smallest absolute Gasteiger partial charge is 0.102 e. The van der Waals surface area contributed by atoms with Gasteiger partial charge in [-0.2, -0.15) is 0 Å². The van der Waals surface area contributed by atoms with Gasteiger partial charge in [0, 0.05) is 32.7 Å². The maximum absolute atomic E-state index is 4.60. The summed E-state index contributed by atoms with van der Waals surface area (Å²) in [7, 11) is 0. The Bertz CT molecular complexity index is 115. The fourth-order valence-electron chi connectivity index (χ4n) is 0.242. The fourth-order valence-corrected chi connectivity index (χ4v) is 0.242. The maximum Gasteiger partial charge on any atom is 0.102 e. The van der Waals surface area contributed by atoms with E-state index < -0.39 is 0 Å². The number of rotatable bonds is 0. The SMILES string of the molecule is Cc1cn[c-]o1.[Y]. The summed E-state index contributed by atoms with van der Waals surface area (Å²) in [6, 6.07) is 0. The Kier molecular flexibility index (Phi) is 3.48. The van der Waals surface area contributed by atoms with Gasteiger partial charge in [-0.3, -0.25) is 0 Å². The zero-order valence-electron chi connectivity index (χ0n) is 4.01. The third kappa shape index (κ3) is 2.20. The predicted octanol–water partition coefficient (Wildman–Crippen LogP) is 0.781. The van der Waals surface area contributed by atoms with Crippen LogP contribution in [-0.2, 0) is 32.7 Å². The van der Waals surface area contributed by atoms with Crippen LogP contribution >= 0.6 is 0 Å². The van der Waals surface area contributed by atoms with Crippen LogP contribution in [0.5, 0.6) is 0 Å². The molecular formula is C4H4NOY-. The van der Waals surface area contributed by atoms with Crippen molar-refractivity contribution in [2.75, 3.05) is 0 Å². The van der Waals surface area contributed by atoms with Crippen LogP contribution in [-0.4, -0.2) is 4.98 Å². The molecular weight excluding hydrogens is 167 g/mol. The van der Waals surface area contributed by atoms with E-state index in [1.165, 1.54) is 0 Å². The van der Waals surface area contributed by atoms with Gasteiger partial charge in [0.2, 0.25) is 0 Å². The number of oxazole rings is 1. The molecule has 0 bridgehead atoms. The molecule has 0 amide bonds. The van der Waals surface area contributed by atoms with Crippen molar-refractivity contribution >= 4 is 0 Å². The summed E-state index contributed by atoms with van der Waals surface area (Å²) in [5.41, 5.74) is 0. The minimum Gasteiger partial charge on any atom is -0.578 e. The van der Waals surface area contributed by atoms with Crippen LogP contribution in [0.3, 0.4) is 0 Å². The first-order valence-electron chi connectivity index (χ1n) is 1.68. The predicted molar refractivity (Wildman–Crippen MR) is 20.1 cm³/mol. The molecule has 0 N–H and O–H groups in total. The topological polar surface area (TPSA) is 26.0 Å². The Morgan fingerprint density at radius 2 is 2.57 bits per heavy atom. The molecule has 1 rings (SSSR count). The van der Waals surface area contributed by atoms with E-state index in [1.807, 2.05) is 6.92 Å². The average molecular weight is 171 g/mol. The summed E-state index contributed by atoms with van der Waals surface area (Å²) in [6.07, 6.45) is 3.92. The Balaban J connectivity index is 0.000000360. The minimum atomic E-state index is 0. The molecule has 0 aliphatic heterocycles. The van der Waals surface area contributed by atoms with E-state index in [0.717, 1.165) is 5.76 Å². The van der Waals surface area contributed by atoms with Gasteiger partial charge in [-0.25, -0.2) is 0 Å². The second-order valence-electron chi connectivity index (χ2n) is 1.06. The zero-order chi connectivity index (χ0) is 4.41. The molecule has 0 aromatic carbocycles. The monoisotopic (exact) mass is 171 g/mol. The fraction of sp³-hybridized carbons (Fsp3) is 0.250. The van der Waals surface area contributed by atoms with Crippen molar-refractivity contribution in [2.45, 2.75) is 6.92 Å². The molecule has 1 aromatic heterocycles. The van der Waals surface area contributed by atoms with Gasteiger partial charge in [-0.1, -0.05) is 13.1 Å². The number of hydrogen-bond acceptors (Lipinski definition) is 2. The van der Waals surface area contributed by atoms with E-state index in [9.17, 15) is 0 Å². The molecule has 0 aliphatic carbocycles. The van der Waals surface area contributed by atoms with Crippen LogP contribution in [0.25, 0.3) is 0 Å². The quantitative estimate of drug-likeness (QED) is 0.539. The normalized spacial score (nSPS) is 7.57. The Labute approximate surface area is 67.2 Å². The largest absolute Gasteiger partial charge is 0.578 e. The van der Waals surface area contributed by atoms with E-state index in [2.05, 4.69) is 15.8 Å². The Hall–Kier alpha value is 0.314. The van der Waals surface area contributed by atoms with Crippen molar-refractivity contribution in [3.8, 4) is 0 Å². The minimum absolute atomic E-state index is 0. The molecule has 3 heteroatoms. The maximum atomic E-state index is 4.60. The number of hydrogen-bond donors (Lipinski definition) is 0. The van der Waals surface area contributed by atoms with Crippen LogP contribution < -0.4 is 0 Å². The van der Waals surface area contributed by atoms with Gasteiger partial charge in [0.05, 0.1) is 0 Å². The summed E-state index contributed by atoms with van der Waals surface area (Å²) >= 11 is 0. The molecule has 7 heavy (non-hydrogen) atoms. The molecule has 0 unspecified atom stereocenters. The van der Waals surface area contributed by atoms with E-state index in [0.29, 0.717) is 0 Å². The van der Waals surface area contributed by atoms with Crippen molar-refractivity contribution < 1.29 is 37.1 Å². The third-order valence-electron chi connectivity index (χ3n) is 0.506. The molecule has 0 saturated heterocycles. The van der Waals surface area contributed by atoms with Crippen molar-refractivity contribution in [2.24, 2.45) is 0 Å². The van der Waals surface area contributed by atoms with Crippen LogP contribution in [0.15, 0.2) is 10.6 Å². The van der Waals surface area contributed by atoms with Crippen LogP contribution in [0.4, 0.5) is 0 Å². The Morgan fingerprint density at radius 1 is 1.86 bits per heavy atom. The Morgan fingerprint density at radius 3 is 2.71 bits per heavy atom. The molecule has 1 radical (unpaired) electrons. The first-order valence-corrected chi connectivity index (χ1v) is 1.68. The first kappa shape index (κ1) is 7.31. The van der Waals surface area contributed by atoms with Gasteiger partial charge in [0.25, 0.3) is 0 Å². The van der Waals surface area contributed by atoms with Gasteiger partial charge in [0.1, 0.15) is 6.39 Å². The van der Waals surface area contributed by atoms with Crippen LogP contribution in [0, 0.1) is 13.3 Å². The molecule has 0 fully saturated rings. The average Bonchev–Trinajstić information content (AvgIpc) is 1.86. The van der Waals surface area contributed by atoms with E-state index >= 15 is 0 Å². The van der Waals surface area contributed by atoms with Crippen LogP contribution in [0.1, 0.15) is 5.76 Å². The van der Waals surface area contributed by atoms with Crippen molar-refractivity contribution in [3.63, 3.8) is 0 Å². The molecule has 1 heterocycles. The van der Waals surface area contributed by atoms with E-state index in [-0.39, 0.29) is 32.7 Å². The number of aryl methyl sites for hydroxylation is 1. The molecule has 0 aliphatic rings. The molecule has 0 atom stereocenters. The molecule has 0 saturated carbocycles. The van der Waals surface area contributed by atoms with E-state index in [4.69, 9.17) is 0 Å². The third-order valence-corrected chi connectivity index (χ3v) is 0.506. The van der Waals surface area contributed by atoms with Crippen LogP contribution in [0.2, 0.25) is 0 Å². The van der Waals surface area contributed by atoms with Gasteiger partial charge in [-0.15, -0.1) is 0 Å². The first-order chi connectivity index (χ1) is 2.89. The van der Waals surface area contributed by atoms with E-state index in [1.54, 1.807) is 6.20 Å². The summed E-state index contributed by atoms with van der Waals surface area (Å²) in [5.74, 6) is 0.801. The standard InChI is InChI=1S/C4H4NO.Y/c1-4-2-5-3-6-4;/h2H,1H3;/q-1;. The van der Waals surface area contributed by atoms with Crippen molar-refractivity contribution in [3.05, 3.63) is 18.4 Å². The summed E-state index contributed by atoms with van der Waals surface area (Å²) in [4.78, 5) is 3.53. The molecule has 1 aromatic rings. The van der Waals surface area contributed by atoms with Gasteiger partial charge in [-0.05, 0) is 5.76 Å². The second-order valence-corrected chi connectivity index (χ2v) is 1.06. The number of nitrogens with zero attached hydrogens (tertiary/aromatic N) is 1. The zero-order valence-corrected chi connectivity index (χ0v) is 6.85. The number of aromatic nitrogens is 1. The molecule has 35 valence electrons. The van der Waals surface area contributed by atoms with Gasteiger partial charge >= 0.3 is 0 Å². The summed E-state index contributed by atoms with van der Waals surface area (Å²) in [6.45, 7) is 1.82. The van der Waals surface area contributed by atoms with Crippen molar-refractivity contribution in [1.29, 1.82) is 0 Å². The molecule has 0 spiro atoms. The molecule has 2 nitrogen and oxygen atoms in total. The van der Waals surface area contributed by atoms with Gasteiger partial charge in [0.15, 0.2) is 0 Å². The summed E-state index contributed by atoms with van der Waals surface area (Å²) in [5, 5.41) is 0. The van der Waals surface area contributed by atoms with Gasteiger partial charge < -0.3 is 9.40 Å². The second kappa shape index (κ2) is 3.33. The summed E-state index contributed by atoms with van der Waals surface area (Å²) < 4.78 is 4.60. The van der Waals surface area contributed by atoms with Crippen molar-refractivity contribution in [1.82, 2.24) is 4.98 Å².